The van der Waals surface area contributed by atoms with Crippen LogP contribution in [0.1, 0.15) is 24.2 Å². The van der Waals surface area contributed by atoms with Gasteiger partial charge >= 0.3 is 0 Å². The molecular weight excluding hydrogens is 172 g/mol. The maximum absolute atomic E-state index is 2.47. The normalized spacial score (nSPS) is 18.7. The summed E-state index contributed by atoms with van der Waals surface area (Å²) in [6, 6.07) is 4.45. The largest absolute Gasteiger partial charge is 0.349 e. The van der Waals surface area contributed by atoms with Crippen LogP contribution >= 0.6 is 0 Å². The fourth-order valence-electron chi connectivity index (χ4n) is 2.42. The van der Waals surface area contributed by atoms with E-state index >= 15 is 0 Å². The molecule has 14 heavy (non-hydrogen) atoms. The van der Waals surface area contributed by atoms with Crippen LogP contribution in [0, 0.1) is 19.8 Å². The zero-order chi connectivity index (χ0) is 9.97. The molecular formula is C12H21N2+. The fraction of sp³-hybridized carbons (Fsp3) is 0.667. The average Bonchev–Trinajstić information content (AvgIpc) is 2.51. The Morgan fingerprint density at radius 2 is 1.79 bits per heavy atom. The number of quaternary nitrogens is 1. The summed E-state index contributed by atoms with van der Waals surface area (Å²) in [5.41, 5.74) is 2.83. The number of nitrogens with zero attached hydrogens (tertiary/aromatic N) is 1. The lowest BCUT2D eigenvalue weighted by Crippen LogP contribution is -2.86. The van der Waals surface area contributed by atoms with Crippen LogP contribution in [-0.2, 0) is 6.54 Å². The maximum Gasteiger partial charge on any atom is 0.0758 e. The molecule has 0 saturated carbocycles. The molecule has 0 atom stereocenters. The van der Waals surface area contributed by atoms with Crippen molar-refractivity contribution in [3.8, 4) is 0 Å². The third-order valence-corrected chi connectivity index (χ3v) is 3.42. The number of hydrogen-bond donors (Lipinski definition) is 1. The van der Waals surface area contributed by atoms with Crippen molar-refractivity contribution >= 4 is 0 Å². The molecule has 2 rings (SSSR count). The molecule has 1 aromatic heterocycles. The van der Waals surface area contributed by atoms with Crippen molar-refractivity contribution < 1.29 is 5.32 Å². The van der Waals surface area contributed by atoms with Crippen molar-refractivity contribution in [2.24, 2.45) is 5.92 Å². The quantitative estimate of drug-likeness (QED) is 0.726. The molecule has 0 unspecified atom stereocenters. The van der Waals surface area contributed by atoms with E-state index in [1.807, 2.05) is 0 Å². The molecule has 0 spiro atoms. The van der Waals surface area contributed by atoms with Crippen molar-refractivity contribution in [1.29, 1.82) is 0 Å². The second-order valence-electron chi connectivity index (χ2n) is 4.54. The summed E-state index contributed by atoms with van der Waals surface area (Å²) in [4.78, 5) is 0. The van der Waals surface area contributed by atoms with Gasteiger partial charge in [-0.2, -0.15) is 0 Å². The number of nitrogens with two attached hydrogens (primary N) is 1. The first-order chi connectivity index (χ1) is 6.77. The first-order valence-corrected chi connectivity index (χ1v) is 5.72. The monoisotopic (exact) mass is 193 g/mol. The molecule has 1 aliphatic heterocycles. The van der Waals surface area contributed by atoms with Gasteiger partial charge in [0.15, 0.2) is 0 Å². The highest BCUT2D eigenvalue weighted by atomic mass is 15.0. The SMILES string of the molecule is Cc1ccc(C)n1CC1CC[NH2+]CC1. The predicted octanol–water partition coefficient (Wildman–Crippen LogP) is 1.08. The summed E-state index contributed by atoms with van der Waals surface area (Å²) >= 11 is 0. The van der Waals surface area contributed by atoms with E-state index in [-0.39, 0.29) is 0 Å². The average molecular weight is 193 g/mol. The van der Waals surface area contributed by atoms with Crippen LogP contribution in [-0.4, -0.2) is 17.7 Å². The Bertz CT molecular complexity index is 276. The smallest absolute Gasteiger partial charge is 0.0758 e. The lowest BCUT2D eigenvalue weighted by Gasteiger charge is -2.22. The number of aryl methyl sites for hydroxylation is 2. The lowest BCUT2D eigenvalue weighted by molar-refractivity contribution is -0.665. The van der Waals surface area contributed by atoms with Gasteiger partial charge in [0.25, 0.3) is 0 Å². The fourth-order valence-corrected chi connectivity index (χ4v) is 2.42. The molecule has 0 aliphatic carbocycles. The van der Waals surface area contributed by atoms with Gasteiger partial charge in [-0.05, 0) is 31.9 Å². The predicted molar refractivity (Wildman–Crippen MR) is 58.3 cm³/mol. The Kier molecular flexibility index (Phi) is 2.92. The zero-order valence-corrected chi connectivity index (χ0v) is 9.29. The van der Waals surface area contributed by atoms with Crippen LogP contribution in [0.25, 0.3) is 0 Å². The van der Waals surface area contributed by atoms with Crippen LogP contribution in [0.4, 0.5) is 0 Å². The number of aromatic nitrogens is 1. The first kappa shape index (κ1) is 9.78. The van der Waals surface area contributed by atoms with Gasteiger partial charge in [0.05, 0.1) is 13.1 Å². The van der Waals surface area contributed by atoms with Gasteiger partial charge in [0, 0.05) is 30.8 Å². The molecule has 2 heterocycles. The van der Waals surface area contributed by atoms with E-state index < -0.39 is 0 Å². The van der Waals surface area contributed by atoms with E-state index in [4.69, 9.17) is 0 Å². The van der Waals surface area contributed by atoms with Crippen LogP contribution in [0.5, 0.6) is 0 Å². The molecule has 78 valence electrons. The van der Waals surface area contributed by atoms with E-state index in [0.717, 1.165) is 5.92 Å². The van der Waals surface area contributed by atoms with Crippen molar-refractivity contribution in [2.45, 2.75) is 33.2 Å². The standard InChI is InChI=1S/C12H20N2/c1-10-3-4-11(2)14(10)9-12-5-7-13-8-6-12/h3-4,12-13H,5-9H2,1-2H3/p+1. The minimum absolute atomic E-state index is 0.907. The minimum Gasteiger partial charge on any atom is -0.349 e. The highest BCUT2D eigenvalue weighted by molar-refractivity contribution is 5.13. The summed E-state index contributed by atoms with van der Waals surface area (Å²) in [6.45, 7) is 8.30. The van der Waals surface area contributed by atoms with Crippen LogP contribution in [0.15, 0.2) is 12.1 Å². The van der Waals surface area contributed by atoms with Gasteiger partial charge in [-0.25, -0.2) is 0 Å². The summed E-state index contributed by atoms with van der Waals surface area (Å²) in [5, 5.41) is 2.44. The molecule has 1 aromatic rings. The molecule has 1 aliphatic rings. The molecule has 0 amide bonds. The second-order valence-corrected chi connectivity index (χ2v) is 4.54. The van der Waals surface area contributed by atoms with Gasteiger partial charge in [0.1, 0.15) is 0 Å². The van der Waals surface area contributed by atoms with Crippen molar-refractivity contribution in [1.82, 2.24) is 4.57 Å². The molecule has 0 bridgehead atoms. The Balaban J connectivity index is 2.02. The third-order valence-electron chi connectivity index (χ3n) is 3.42. The van der Waals surface area contributed by atoms with Crippen LogP contribution < -0.4 is 5.32 Å². The number of piperidine rings is 1. The van der Waals surface area contributed by atoms with Gasteiger partial charge in [-0.15, -0.1) is 0 Å². The molecule has 2 nitrogen and oxygen atoms in total. The highest BCUT2D eigenvalue weighted by Gasteiger charge is 2.16. The van der Waals surface area contributed by atoms with E-state index in [2.05, 4.69) is 35.9 Å². The van der Waals surface area contributed by atoms with Gasteiger partial charge in [-0.1, -0.05) is 0 Å². The number of rotatable bonds is 2. The lowest BCUT2D eigenvalue weighted by atomic mass is 9.98. The summed E-state index contributed by atoms with van der Waals surface area (Å²) in [6.07, 6.45) is 2.77. The summed E-state index contributed by atoms with van der Waals surface area (Å²) in [5.74, 6) is 0.907. The van der Waals surface area contributed by atoms with Crippen molar-refractivity contribution in [2.75, 3.05) is 13.1 Å². The van der Waals surface area contributed by atoms with Crippen LogP contribution in [0.2, 0.25) is 0 Å². The summed E-state index contributed by atoms with van der Waals surface area (Å²) < 4.78 is 2.47. The molecule has 1 saturated heterocycles. The Hall–Kier alpha value is -0.760. The second kappa shape index (κ2) is 4.18. The van der Waals surface area contributed by atoms with Gasteiger partial charge in [0.2, 0.25) is 0 Å². The maximum atomic E-state index is 2.47. The zero-order valence-electron chi connectivity index (χ0n) is 9.29. The third kappa shape index (κ3) is 2.01. The molecule has 2 heteroatoms. The molecule has 0 radical (unpaired) electrons. The Morgan fingerprint density at radius 1 is 1.21 bits per heavy atom. The first-order valence-electron chi connectivity index (χ1n) is 5.72. The topological polar surface area (TPSA) is 21.5 Å². The minimum atomic E-state index is 0.907. The van der Waals surface area contributed by atoms with E-state index in [0.29, 0.717) is 0 Å². The van der Waals surface area contributed by atoms with Crippen LogP contribution in [0.3, 0.4) is 0 Å². The van der Waals surface area contributed by atoms with Gasteiger partial charge in [-0.3, -0.25) is 0 Å². The van der Waals surface area contributed by atoms with Gasteiger partial charge < -0.3 is 9.88 Å². The number of hydrogen-bond acceptors (Lipinski definition) is 0. The Labute approximate surface area is 86.3 Å². The highest BCUT2D eigenvalue weighted by Crippen LogP contribution is 2.16. The van der Waals surface area contributed by atoms with E-state index in [1.54, 1.807) is 0 Å². The summed E-state index contributed by atoms with van der Waals surface area (Å²) in [7, 11) is 0. The molecule has 2 N–H and O–H groups in total. The molecule has 0 aromatic carbocycles. The van der Waals surface area contributed by atoms with Crippen molar-refractivity contribution in [3.05, 3.63) is 23.5 Å². The Morgan fingerprint density at radius 3 is 2.36 bits per heavy atom. The van der Waals surface area contributed by atoms with Crippen molar-refractivity contribution in [3.63, 3.8) is 0 Å². The van der Waals surface area contributed by atoms with E-state index in [9.17, 15) is 0 Å². The molecule has 1 fully saturated rings. The van der Waals surface area contributed by atoms with E-state index in [1.165, 1.54) is 43.9 Å².